The minimum Gasteiger partial charge on any atom is -0.508 e. The molecule has 0 saturated heterocycles. The number of ketones is 1. The predicted octanol–water partition coefficient (Wildman–Crippen LogP) is 1.50. The van der Waals surface area contributed by atoms with Crippen LogP contribution in [0.25, 0.3) is 0 Å². The Morgan fingerprint density at radius 1 is 1.47 bits per heavy atom. The summed E-state index contributed by atoms with van der Waals surface area (Å²) in [5.41, 5.74) is -0.637. The van der Waals surface area contributed by atoms with E-state index >= 15 is 0 Å². The molecule has 0 radical (unpaired) electrons. The van der Waals surface area contributed by atoms with Crippen molar-refractivity contribution in [1.82, 2.24) is 0 Å². The lowest BCUT2D eigenvalue weighted by Gasteiger charge is -2.03. The average Bonchev–Trinajstić information content (AvgIpc) is 1.98. The first-order valence-corrected chi connectivity index (χ1v) is 4.82. The summed E-state index contributed by atoms with van der Waals surface area (Å²) in [7, 11) is 0. The van der Waals surface area contributed by atoms with E-state index in [2.05, 4.69) is 0 Å². The molecule has 0 bridgehead atoms. The van der Waals surface area contributed by atoms with E-state index < -0.39 is 5.63 Å². The quantitative estimate of drug-likeness (QED) is 0.817. The van der Waals surface area contributed by atoms with Crippen LogP contribution in [0.4, 0.5) is 0 Å². The maximum Gasteiger partial charge on any atom is 0.339 e. The summed E-state index contributed by atoms with van der Waals surface area (Å²) in [6, 6.07) is 2.26. The van der Waals surface area contributed by atoms with Gasteiger partial charge in [-0.3, -0.25) is 4.79 Å². The van der Waals surface area contributed by atoms with E-state index in [1.165, 1.54) is 6.07 Å². The first-order chi connectivity index (χ1) is 6.97. The van der Waals surface area contributed by atoms with Crippen LogP contribution < -0.4 is 5.63 Å². The number of hydrogen-bond acceptors (Lipinski definition) is 4. The number of Topliss-reactive ketones (excluding diaryl/α,β-unsaturated/α-hetero) is 1. The molecular formula is C11H14O4. The summed E-state index contributed by atoms with van der Waals surface area (Å²) in [6.45, 7) is 3.88. The lowest BCUT2D eigenvalue weighted by molar-refractivity contribution is -0.119. The Balaban J connectivity index is 2.72. The molecule has 1 heterocycles. The zero-order valence-corrected chi connectivity index (χ0v) is 8.82. The van der Waals surface area contributed by atoms with Gasteiger partial charge in [-0.1, -0.05) is 13.8 Å². The van der Waals surface area contributed by atoms with Gasteiger partial charge in [0, 0.05) is 12.5 Å². The van der Waals surface area contributed by atoms with E-state index in [0.29, 0.717) is 6.42 Å². The highest BCUT2D eigenvalue weighted by molar-refractivity contribution is 5.80. The van der Waals surface area contributed by atoms with Crippen molar-refractivity contribution in [2.45, 2.75) is 26.7 Å². The molecule has 0 aliphatic carbocycles. The molecule has 15 heavy (non-hydrogen) atoms. The highest BCUT2D eigenvalue weighted by atomic mass is 16.4. The number of carbonyl (C=O) groups excluding carboxylic acids is 1. The third-order valence-corrected chi connectivity index (χ3v) is 1.81. The van der Waals surface area contributed by atoms with Gasteiger partial charge in [-0.05, 0) is 5.92 Å². The van der Waals surface area contributed by atoms with Crippen LogP contribution in [0.15, 0.2) is 21.3 Å². The monoisotopic (exact) mass is 210 g/mol. The van der Waals surface area contributed by atoms with Crippen LogP contribution in [-0.2, 0) is 11.2 Å². The van der Waals surface area contributed by atoms with Gasteiger partial charge in [-0.2, -0.15) is 0 Å². The van der Waals surface area contributed by atoms with Crippen LogP contribution >= 0.6 is 0 Å². The summed E-state index contributed by atoms with van der Waals surface area (Å²) in [5, 5.41) is 9.12. The highest BCUT2D eigenvalue weighted by Crippen LogP contribution is 2.10. The number of hydrogen-bond donors (Lipinski definition) is 1. The van der Waals surface area contributed by atoms with Gasteiger partial charge < -0.3 is 9.52 Å². The van der Waals surface area contributed by atoms with Crippen molar-refractivity contribution >= 4 is 5.78 Å². The summed E-state index contributed by atoms with van der Waals surface area (Å²) >= 11 is 0. The lowest BCUT2D eigenvalue weighted by Crippen LogP contribution is -2.08. The van der Waals surface area contributed by atoms with Crippen LogP contribution in [0, 0.1) is 5.92 Å². The Bertz CT molecular complexity index is 403. The maximum atomic E-state index is 11.4. The molecule has 1 aromatic rings. The number of carbonyl (C=O) groups is 1. The minimum absolute atomic E-state index is 0.00116. The third kappa shape index (κ3) is 3.97. The van der Waals surface area contributed by atoms with E-state index in [1.54, 1.807) is 0 Å². The Labute approximate surface area is 87.5 Å². The molecule has 82 valence electrons. The molecule has 4 nitrogen and oxygen atoms in total. The molecule has 0 spiro atoms. The van der Waals surface area contributed by atoms with Gasteiger partial charge in [0.2, 0.25) is 0 Å². The van der Waals surface area contributed by atoms with Crippen LogP contribution in [-0.4, -0.2) is 10.9 Å². The molecule has 1 N–H and O–H groups in total. The van der Waals surface area contributed by atoms with Gasteiger partial charge in [-0.25, -0.2) is 4.79 Å². The Morgan fingerprint density at radius 2 is 2.13 bits per heavy atom. The average molecular weight is 210 g/mol. The molecule has 4 heteroatoms. The normalized spacial score (nSPS) is 10.6. The Hall–Kier alpha value is -1.58. The van der Waals surface area contributed by atoms with Crippen LogP contribution in [0.3, 0.4) is 0 Å². The van der Waals surface area contributed by atoms with Crippen molar-refractivity contribution in [3.8, 4) is 5.75 Å². The van der Waals surface area contributed by atoms with Crippen LogP contribution in [0.2, 0.25) is 0 Å². The first kappa shape index (κ1) is 11.5. The third-order valence-electron chi connectivity index (χ3n) is 1.81. The van der Waals surface area contributed by atoms with E-state index in [4.69, 9.17) is 9.52 Å². The second kappa shape index (κ2) is 4.77. The highest BCUT2D eigenvalue weighted by Gasteiger charge is 2.09. The number of rotatable bonds is 4. The SMILES string of the molecule is CC(C)CC(=O)Cc1cc(O)cc(=O)o1. The molecule has 1 aromatic heterocycles. The van der Waals surface area contributed by atoms with E-state index in [1.807, 2.05) is 13.8 Å². The molecule has 1 rings (SSSR count). The smallest absolute Gasteiger partial charge is 0.339 e. The second-order valence-electron chi connectivity index (χ2n) is 3.91. The van der Waals surface area contributed by atoms with Gasteiger partial charge in [-0.15, -0.1) is 0 Å². The van der Waals surface area contributed by atoms with Crippen molar-refractivity contribution in [1.29, 1.82) is 0 Å². The summed E-state index contributed by atoms with van der Waals surface area (Å²) in [4.78, 5) is 22.3. The first-order valence-electron chi connectivity index (χ1n) is 4.82. The largest absolute Gasteiger partial charge is 0.508 e. The molecule has 0 amide bonds. The number of aromatic hydroxyl groups is 1. The summed E-state index contributed by atoms with van der Waals surface area (Å²) < 4.78 is 4.77. The second-order valence-corrected chi connectivity index (χ2v) is 3.91. The molecule has 0 fully saturated rings. The lowest BCUT2D eigenvalue weighted by atomic mass is 10.0. The Kier molecular flexibility index (Phi) is 3.66. The standard InChI is InChI=1S/C11H14O4/c1-7(2)3-8(12)4-10-5-9(13)6-11(14)15-10/h5-7,13H,3-4H2,1-2H3. The molecule has 0 atom stereocenters. The van der Waals surface area contributed by atoms with Crippen molar-refractivity contribution < 1.29 is 14.3 Å². The van der Waals surface area contributed by atoms with Gasteiger partial charge in [0.15, 0.2) is 0 Å². The van der Waals surface area contributed by atoms with E-state index in [0.717, 1.165) is 6.07 Å². The molecule has 0 aromatic carbocycles. The zero-order valence-electron chi connectivity index (χ0n) is 8.82. The van der Waals surface area contributed by atoms with Gasteiger partial charge in [0.05, 0.1) is 12.5 Å². The topological polar surface area (TPSA) is 67.5 Å². The Morgan fingerprint density at radius 3 is 2.67 bits per heavy atom. The molecule has 0 aliphatic heterocycles. The summed E-state index contributed by atoms with van der Waals surface area (Å²) in [5.74, 6) is 0.324. The molecular weight excluding hydrogens is 196 g/mol. The summed E-state index contributed by atoms with van der Waals surface area (Å²) in [6.07, 6.45) is 0.501. The van der Waals surface area contributed by atoms with Crippen LogP contribution in [0.5, 0.6) is 5.75 Å². The van der Waals surface area contributed by atoms with Gasteiger partial charge >= 0.3 is 5.63 Å². The molecule has 0 aliphatic rings. The predicted molar refractivity (Wildman–Crippen MR) is 54.8 cm³/mol. The zero-order chi connectivity index (χ0) is 11.4. The minimum atomic E-state index is -0.637. The van der Waals surface area contributed by atoms with E-state index in [9.17, 15) is 9.59 Å². The van der Waals surface area contributed by atoms with Crippen LogP contribution in [0.1, 0.15) is 26.0 Å². The molecule has 0 saturated carbocycles. The van der Waals surface area contributed by atoms with Crippen molar-refractivity contribution in [2.24, 2.45) is 5.92 Å². The fourth-order valence-corrected chi connectivity index (χ4v) is 1.32. The van der Waals surface area contributed by atoms with Gasteiger partial charge in [0.25, 0.3) is 0 Å². The van der Waals surface area contributed by atoms with E-state index in [-0.39, 0.29) is 29.6 Å². The van der Waals surface area contributed by atoms with Crippen molar-refractivity contribution in [3.05, 3.63) is 28.3 Å². The maximum absolute atomic E-state index is 11.4. The fraction of sp³-hybridized carbons (Fsp3) is 0.455. The van der Waals surface area contributed by atoms with Crippen molar-refractivity contribution in [2.75, 3.05) is 0 Å². The molecule has 0 unspecified atom stereocenters. The fourth-order valence-electron chi connectivity index (χ4n) is 1.32. The van der Waals surface area contributed by atoms with Crippen molar-refractivity contribution in [3.63, 3.8) is 0 Å². The van der Waals surface area contributed by atoms with Gasteiger partial charge in [0.1, 0.15) is 17.3 Å².